The molecule has 4 fully saturated rings. The van der Waals surface area contributed by atoms with Crippen LogP contribution < -0.4 is 5.73 Å². The third-order valence-corrected chi connectivity index (χ3v) is 5.89. The minimum absolute atomic E-state index is 0.433. The molecular formula is C17H21NO2. The van der Waals surface area contributed by atoms with E-state index in [4.69, 9.17) is 5.73 Å². The fourth-order valence-electron chi connectivity index (χ4n) is 5.48. The molecule has 0 heterocycles. The van der Waals surface area contributed by atoms with Crippen molar-refractivity contribution in [3.8, 4) is 0 Å². The highest BCUT2D eigenvalue weighted by atomic mass is 16.4. The average molecular weight is 271 g/mol. The van der Waals surface area contributed by atoms with E-state index in [2.05, 4.69) is 0 Å². The van der Waals surface area contributed by atoms with Gasteiger partial charge in [0.25, 0.3) is 0 Å². The van der Waals surface area contributed by atoms with Crippen molar-refractivity contribution < 1.29 is 9.90 Å². The third kappa shape index (κ3) is 1.75. The highest BCUT2D eigenvalue weighted by molar-refractivity contribution is 5.90. The zero-order chi connectivity index (χ0) is 13.9. The summed E-state index contributed by atoms with van der Waals surface area (Å²) in [5.74, 6) is 2.85. The summed E-state index contributed by atoms with van der Waals surface area (Å²) >= 11 is 0. The molecule has 0 aromatic heterocycles. The second-order valence-corrected chi connectivity index (χ2v) is 7.11. The fourth-order valence-corrected chi connectivity index (χ4v) is 5.48. The summed E-state index contributed by atoms with van der Waals surface area (Å²) in [5.41, 5.74) is 7.80. The summed E-state index contributed by atoms with van der Waals surface area (Å²) in [4.78, 5) is 11.6. The van der Waals surface area contributed by atoms with Crippen molar-refractivity contribution in [2.75, 3.05) is 5.73 Å². The van der Waals surface area contributed by atoms with Crippen LogP contribution >= 0.6 is 0 Å². The summed E-state index contributed by atoms with van der Waals surface area (Å²) in [6.45, 7) is 0. The fraction of sp³-hybridized carbons (Fsp3) is 0.588. The van der Waals surface area contributed by atoms with Crippen LogP contribution in [-0.4, -0.2) is 11.1 Å². The summed E-state index contributed by atoms with van der Waals surface area (Å²) in [6.07, 6.45) is 6.65. The number of carbonyl (C=O) groups is 1. The minimum atomic E-state index is -0.832. The number of hydrogen-bond donors (Lipinski definition) is 2. The van der Waals surface area contributed by atoms with Gasteiger partial charge in [-0.05, 0) is 79.4 Å². The van der Waals surface area contributed by atoms with Gasteiger partial charge in [0.2, 0.25) is 0 Å². The van der Waals surface area contributed by atoms with Crippen molar-refractivity contribution in [3.63, 3.8) is 0 Å². The van der Waals surface area contributed by atoms with Crippen molar-refractivity contribution in [1.29, 1.82) is 0 Å². The molecular weight excluding hydrogens is 250 g/mol. The molecule has 20 heavy (non-hydrogen) atoms. The average Bonchev–Trinajstić information content (AvgIpc) is 2.38. The Balaban J connectivity index is 1.76. The molecule has 4 bridgehead atoms. The van der Waals surface area contributed by atoms with E-state index in [0.717, 1.165) is 17.4 Å². The van der Waals surface area contributed by atoms with Gasteiger partial charge in [-0.2, -0.15) is 0 Å². The lowest BCUT2D eigenvalue weighted by molar-refractivity contribution is -0.00314. The standard InChI is InChI=1S/C17H21NO2/c18-13-1-2-14(15(8-13)17(19)20)16-11-4-9-3-10(6-11)7-12(16)5-9/h1-2,8-12,16H,3-7,18H2,(H,19,20). The molecule has 4 aliphatic carbocycles. The molecule has 1 aromatic rings. The predicted molar refractivity (Wildman–Crippen MR) is 77.6 cm³/mol. The van der Waals surface area contributed by atoms with E-state index in [-0.39, 0.29) is 0 Å². The lowest BCUT2D eigenvalue weighted by atomic mass is 9.50. The number of nitrogen functional groups attached to an aromatic ring is 1. The molecule has 0 saturated heterocycles. The highest BCUT2D eigenvalue weighted by Gasteiger charge is 2.49. The van der Waals surface area contributed by atoms with Gasteiger partial charge in [-0.1, -0.05) is 6.07 Å². The van der Waals surface area contributed by atoms with Crippen LogP contribution in [0.1, 0.15) is 53.9 Å². The predicted octanol–water partition coefficient (Wildman–Crippen LogP) is 3.51. The lowest BCUT2D eigenvalue weighted by Gasteiger charge is -2.54. The number of benzene rings is 1. The molecule has 3 nitrogen and oxygen atoms in total. The molecule has 0 spiro atoms. The van der Waals surface area contributed by atoms with Crippen molar-refractivity contribution in [2.24, 2.45) is 23.7 Å². The molecule has 0 unspecified atom stereocenters. The molecule has 0 radical (unpaired) electrons. The van der Waals surface area contributed by atoms with Gasteiger partial charge in [0.05, 0.1) is 5.56 Å². The van der Waals surface area contributed by atoms with E-state index >= 15 is 0 Å². The molecule has 4 saturated carbocycles. The van der Waals surface area contributed by atoms with Crippen molar-refractivity contribution in [2.45, 2.75) is 38.0 Å². The largest absolute Gasteiger partial charge is 0.478 e. The van der Waals surface area contributed by atoms with Gasteiger partial charge in [-0.25, -0.2) is 4.79 Å². The normalized spacial score (nSPS) is 38.1. The second-order valence-electron chi connectivity index (χ2n) is 7.11. The highest BCUT2D eigenvalue weighted by Crippen LogP contribution is 2.60. The maximum Gasteiger partial charge on any atom is 0.336 e. The Morgan fingerprint density at radius 3 is 2.20 bits per heavy atom. The molecule has 0 aliphatic heterocycles. The monoisotopic (exact) mass is 271 g/mol. The first-order valence-corrected chi connectivity index (χ1v) is 7.74. The van der Waals surface area contributed by atoms with Gasteiger partial charge >= 0.3 is 5.97 Å². The van der Waals surface area contributed by atoms with Crippen LogP contribution in [0.15, 0.2) is 18.2 Å². The number of carboxylic acid groups (broad SMARTS) is 1. The van der Waals surface area contributed by atoms with Gasteiger partial charge in [0.1, 0.15) is 0 Å². The molecule has 0 atom stereocenters. The van der Waals surface area contributed by atoms with E-state index in [1.807, 2.05) is 12.1 Å². The van der Waals surface area contributed by atoms with E-state index in [0.29, 0.717) is 29.0 Å². The Bertz CT molecular complexity index is 538. The SMILES string of the molecule is Nc1ccc(C2C3CC4CC(C3)CC2C4)c(C(=O)O)c1. The molecule has 4 aliphatic rings. The molecule has 106 valence electrons. The number of nitrogens with two attached hydrogens (primary N) is 1. The Labute approximate surface area is 119 Å². The smallest absolute Gasteiger partial charge is 0.336 e. The quantitative estimate of drug-likeness (QED) is 0.809. The zero-order valence-corrected chi connectivity index (χ0v) is 11.6. The van der Waals surface area contributed by atoms with Crippen LogP contribution in [0.4, 0.5) is 5.69 Å². The van der Waals surface area contributed by atoms with Crippen LogP contribution in [0.3, 0.4) is 0 Å². The molecule has 1 aromatic carbocycles. The maximum atomic E-state index is 11.6. The van der Waals surface area contributed by atoms with Crippen LogP contribution in [0.2, 0.25) is 0 Å². The Morgan fingerprint density at radius 1 is 1.05 bits per heavy atom. The van der Waals surface area contributed by atoms with Gasteiger partial charge < -0.3 is 10.8 Å². The maximum absolute atomic E-state index is 11.6. The van der Waals surface area contributed by atoms with E-state index in [9.17, 15) is 9.90 Å². The van der Waals surface area contributed by atoms with Crippen LogP contribution in [0, 0.1) is 23.7 Å². The first-order valence-electron chi connectivity index (χ1n) is 7.74. The number of anilines is 1. The third-order valence-electron chi connectivity index (χ3n) is 5.89. The summed E-state index contributed by atoms with van der Waals surface area (Å²) in [5, 5.41) is 9.49. The van der Waals surface area contributed by atoms with Crippen LogP contribution in [0.25, 0.3) is 0 Å². The number of rotatable bonds is 2. The summed E-state index contributed by atoms with van der Waals surface area (Å²) in [6, 6.07) is 5.49. The zero-order valence-electron chi connectivity index (χ0n) is 11.6. The number of carboxylic acids is 1. The first-order chi connectivity index (χ1) is 9.61. The summed E-state index contributed by atoms with van der Waals surface area (Å²) < 4.78 is 0. The second kappa shape index (κ2) is 4.24. The molecule has 5 rings (SSSR count). The Kier molecular flexibility index (Phi) is 2.60. The van der Waals surface area contributed by atoms with Crippen LogP contribution in [-0.2, 0) is 0 Å². The minimum Gasteiger partial charge on any atom is -0.478 e. The Morgan fingerprint density at radius 2 is 1.65 bits per heavy atom. The molecule has 3 heteroatoms. The summed E-state index contributed by atoms with van der Waals surface area (Å²) in [7, 11) is 0. The molecule has 3 N–H and O–H groups in total. The van der Waals surface area contributed by atoms with Crippen molar-refractivity contribution in [3.05, 3.63) is 29.3 Å². The number of aromatic carboxylic acids is 1. The van der Waals surface area contributed by atoms with E-state index in [1.54, 1.807) is 6.07 Å². The van der Waals surface area contributed by atoms with Gasteiger partial charge in [0.15, 0.2) is 0 Å². The van der Waals surface area contributed by atoms with Crippen molar-refractivity contribution >= 4 is 11.7 Å². The van der Waals surface area contributed by atoms with E-state index in [1.165, 1.54) is 32.1 Å². The number of hydrogen-bond acceptors (Lipinski definition) is 2. The lowest BCUT2D eigenvalue weighted by Crippen LogP contribution is -2.44. The van der Waals surface area contributed by atoms with Crippen LogP contribution in [0.5, 0.6) is 0 Å². The van der Waals surface area contributed by atoms with E-state index < -0.39 is 5.97 Å². The molecule has 0 amide bonds. The Hall–Kier alpha value is -1.51. The van der Waals surface area contributed by atoms with Gasteiger partial charge in [-0.3, -0.25) is 0 Å². The first kappa shape index (κ1) is 12.2. The van der Waals surface area contributed by atoms with Crippen molar-refractivity contribution in [1.82, 2.24) is 0 Å². The topological polar surface area (TPSA) is 63.3 Å². The van der Waals surface area contributed by atoms with Gasteiger partial charge in [0, 0.05) is 5.69 Å². The van der Waals surface area contributed by atoms with Gasteiger partial charge in [-0.15, -0.1) is 0 Å².